The first-order valence-corrected chi connectivity index (χ1v) is 6.71. The van der Waals surface area contributed by atoms with Gasteiger partial charge in [0.15, 0.2) is 0 Å². The molecule has 0 radical (unpaired) electrons. The van der Waals surface area contributed by atoms with Gasteiger partial charge in [-0.3, -0.25) is 4.90 Å². The summed E-state index contributed by atoms with van der Waals surface area (Å²) in [7, 11) is 2.25. The van der Waals surface area contributed by atoms with Crippen LogP contribution in [-0.4, -0.2) is 30.6 Å². The SMILES string of the molecule is CCC1(CC)CN(C)C(c2ccccc2)CN1. The molecule has 1 aromatic rings. The molecule has 2 heteroatoms. The summed E-state index contributed by atoms with van der Waals surface area (Å²) in [4.78, 5) is 2.50. The van der Waals surface area contributed by atoms with Crippen LogP contribution >= 0.6 is 0 Å². The lowest BCUT2D eigenvalue weighted by Crippen LogP contribution is -2.59. The van der Waals surface area contributed by atoms with Gasteiger partial charge in [-0.15, -0.1) is 0 Å². The molecule has 0 aromatic heterocycles. The molecule has 0 aliphatic carbocycles. The largest absolute Gasteiger partial charge is 0.308 e. The molecule has 1 aromatic carbocycles. The fourth-order valence-corrected chi connectivity index (χ4v) is 2.88. The second kappa shape index (κ2) is 5.19. The lowest BCUT2D eigenvalue weighted by atomic mass is 9.87. The molecule has 1 fully saturated rings. The van der Waals surface area contributed by atoms with Crippen LogP contribution in [0.2, 0.25) is 0 Å². The standard InChI is InChI=1S/C15H24N2/c1-4-15(5-2)12-17(3)14(11-16-15)13-9-7-6-8-10-13/h6-10,14,16H,4-5,11-12H2,1-3H3. The Hall–Kier alpha value is -0.860. The van der Waals surface area contributed by atoms with E-state index in [-0.39, 0.29) is 0 Å². The fourth-order valence-electron chi connectivity index (χ4n) is 2.88. The highest BCUT2D eigenvalue weighted by atomic mass is 15.2. The zero-order valence-electron chi connectivity index (χ0n) is 11.2. The maximum atomic E-state index is 3.77. The second-order valence-electron chi connectivity index (χ2n) is 5.21. The lowest BCUT2D eigenvalue weighted by Gasteiger charge is -2.46. The van der Waals surface area contributed by atoms with E-state index in [0.717, 1.165) is 13.1 Å². The number of likely N-dealkylation sites (N-methyl/N-ethyl adjacent to an activating group) is 1. The van der Waals surface area contributed by atoms with Crippen LogP contribution in [0.25, 0.3) is 0 Å². The summed E-state index contributed by atoms with van der Waals surface area (Å²) in [6, 6.07) is 11.3. The van der Waals surface area contributed by atoms with E-state index >= 15 is 0 Å². The average Bonchev–Trinajstić information content (AvgIpc) is 2.39. The molecule has 1 aliphatic rings. The van der Waals surface area contributed by atoms with Crippen LogP contribution in [0.3, 0.4) is 0 Å². The van der Waals surface area contributed by atoms with Gasteiger partial charge in [-0.25, -0.2) is 0 Å². The summed E-state index contributed by atoms with van der Waals surface area (Å²) < 4.78 is 0. The molecule has 1 unspecified atom stereocenters. The first-order valence-electron chi connectivity index (χ1n) is 6.71. The molecule has 94 valence electrons. The van der Waals surface area contributed by atoms with Crippen LogP contribution in [0.15, 0.2) is 30.3 Å². The Morgan fingerprint density at radius 1 is 1.24 bits per heavy atom. The maximum absolute atomic E-state index is 3.77. The van der Waals surface area contributed by atoms with Gasteiger partial charge >= 0.3 is 0 Å². The van der Waals surface area contributed by atoms with Crippen molar-refractivity contribution in [3.05, 3.63) is 35.9 Å². The van der Waals surface area contributed by atoms with Crippen molar-refractivity contribution < 1.29 is 0 Å². The minimum Gasteiger partial charge on any atom is -0.308 e. The van der Waals surface area contributed by atoms with Crippen LogP contribution in [0, 0.1) is 0 Å². The van der Waals surface area contributed by atoms with E-state index in [1.807, 2.05) is 0 Å². The van der Waals surface area contributed by atoms with E-state index in [2.05, 4.69) is 61.4 Å². The van der Waals surface area contributed by atoms with Gasteiger partial charge in [-0.05, 0) is 25.5 Å². The van der Waals surface area contributed by atoms with Gasteiger partial charge in [0.2, 0.25) is 0 Å². The minimum absolute atomic E-state index is 0.319. The summed E-state index contributed by atoms with van der Waals surface area (Å²) in [6.07, 6.45) is 2.41. The number of nitrogens with one attached hydrogen (secondary N) is 1. The van der Waals surface area contributed by atoms with Crippen LogP contribution in [-0.2, 0) is 0 Å². The first kappa shape index (κ1) is 12.6. The zero-order chi connectivity index (χ0) is 12.3. The summed E-state index contributed by atoms with van der Waals surface area (Å²) >= 11 is 0. The Balaban J connectivity index is 2.11. The Labute approximate surface area is 105 Å². The highest BCUT2D eigenvalue weighted by Crippen LogP contribution is 2.28. The molecule has 2 rings (SSSR count). The van der Waals surface area contributed by atoms with Crippen molar-refractivity contribution in [2.75, 3.05) is 20.1 Å². The van der Waals surface area contributed by atoms with Crippen molar-refractivity contribution in [2.24, 2.45) is 0 Å². The number of hydrogen-bond donors (Lipinski definition) is 1. The third-order valence-electron chi connectivity index (χ3n) is 4.29. The predicted molar refractivity (Wildman–Crippen MR) is 73.1 cm³/mol. The first-order chi connectivity index (χ1) is 8.21. The number of benzene rings is 1. The zero-order valence-corrected chi connectivity index (χ0v) is 11.2. The smallest absolute Gasteiger partial charge is 0.0470 e. The molecule has 2 nitrogen and oxygen atoms in total. The molecule has 0 amide bonds. The van der Waals surface area contributed by atoms with Crippen molar-refractivity contribution in [2.45, 2.75) is 38.3 Å². The molecule has 0 saturated carbocycles. The van der Waals surface area contributed by atoms with E-state index in [1.54, 1.807) is 0 Å². The summed E-state index contributed by atoms with van der Waals surface area (Å²) in [5.74, 6) is 0. The average molecular weight is 232 g/mol. The van der Waals surface area contributed by atoms with E-state index in [1.165, 1.54) is 18.4 Å². The molecule has 17 heavy (non-hydrogen) atoms. The Morgan fingerprint density at radius 3 is 2.41 bits per heavy atom. The molecule has 1 heterocycles. The van der Waals surface area contributed by atoms with Gasteiger partial charge in [-0.1, -0.05) is 44.2 Å². The van der Waals surface area contributed by atoms with Crippen molar-refractivity contribution in [3.8, 4) is 0 Å². The van der Waals surface area contributed by atoms with E-state index in [0.29, 0.717) is 11.6 Å². The molecular formula is C15H24N2. The minimum atomic E-state index is 0.319. The monoisotopic (exact) mass is 232 g/mol. The second-order valence-corrected chi connectivity index (χ2v) is 5.21. The number of hydrogen-bond acceptors (Lipinski definition) is 2. The van der Waals surface area contributed by atoms with Crippen molar-refractivity contribution in [3.63, 3.8) is 0 Å². The van der Waals surface area contributed by atoms with Gasteiger partial charge < -0.3 is 5.32 Å². The van der Waals surface area contributed by atoms with Crippen LogP contribution in [0.5, 0.6) is 0 Å². The Bertz CT molecular complexity index is 343. The maximum Gasteiger partial charge on any atom is 0.0470 e. The van der Waals surface area contributed by atoms with Gasteiger partial charge in [0.05, 0.1) is 0 Å². The summed E-state index contributed by atoms with van der Waals surface area (Å²) in [5, 5.41) is 3.77. The van der Waals surface area contributed by atoms with Gasteiger partial charge in [0.25, 0.3) is 0 Å². The number of rotatable bonds is 3. The van der Waals surface area contributed by atoms with Crippen LogP contribution < -0.4 is 5.32 Å². The van der Waals surface area contributed by atoms with Crippen molar-refractivity contribution in [1.29, 1.82) is 0 Å². The van der Waals surface area contributed by atoms with Crippen molar-refractivity contribution in [1.82, 2.24) is 10.2 Å². The Kier molecular flexibility index (Phi) is 3.85. The quantitative estimate of drug-likeness (QED) is 0.862. The summed E-state index contributed by atoms with van der Waals surface area (Å²) in [6.45, 7) is 6.77. The highest BCUT2D eigenvalue weighted by molar-refractivity contribution is 5.20. The topological polar surface area (TPSA) is 15.3 Å². The number of piperazine rings is 1. The molecule has 1 N–H and O–H groups in total. The summed E-state index contributed by atoms with van der Waals surface area (Å²) in [5.41, 5.74) is 1.74. The number of nitrogens with zero attached hydrogens (tertiary/aromatic N) is 1. The third kappa shape index (κ3) is 2.53. The lowest BCUT2D eigenvalue weighted by molar-refractivity contribution is 0.0960. The van der Waals surface area contributed by atoms with Crippen molar-refractivity contribution >= 4 is 0 Å². The van der Waals surface area contributed by atoms with Crippen LogP contribution in [0.1, 0.15) is 38.3 Å². The normalized spacial score (nSPS) is 24.8. The molecular weight excluding hydrogens is 208 g/mol. The van der Waals surface area contributed by atoms with Crippen LogP contribution in [0.4, 0.5) is 0 Å². The fraction of sp³-hybridized carbons (Fsp3) is 0.600. The van der Waals surface area contributed by atoms with E-state index in [4.69, 9.17) is 0 Å². The van der Waals surface area contributed by atoms with Gasteiger partial charge in [0, 0.05) is 24.7 Å². The Morgan fingerprint density at radius 2 is 1.88 bits per heavy atom. The molecule has 1 atom stereocenters. The van der Waals surface area contributed by atoms with E-state index in [9.17, 15) is 0 Å². The molecule has 1 aliphatic heterocycles. The molecule has 0 bridgehead atoms. The van der Waals surface area contributed by atoms with Gasteiger partial charge in [0.1, 0.15) is 0 Å². The third-order valence-corrected chi connectivity index (χ3v) is 4.29. The van der Waals surface area contributed by atoms with Gasteiger partial charge in [-0.2, -0.15) is 0 Å². The van der Waals surface area contributed by atoms with E-state index < -0.39 is 0 Å². The molecule has 1 saturated heterocycles. The molecule has 0 spiro atoms. The predicted octanol–water partition coefficient (Wildman–Crippen LogP) is 2.82. The highest BCUT2D eigenvalue weighted by Gasteiger charge is 2.35.